The van der Waals surface area contributed by atoms with Gasteiger partial charge in [0, 0.05) is 5.56 Å². The van der Waals surface area contributed by atoms with Crippen LogP contribution in [0.5, 0.6) is 11.5 Å². The zero-order valence-corrected chi connectivity index (χ0v) is 15.6. The Balaban J connectivity index is 2.20. The second kappa shape index (κ2) is 8.30. The van der Waals surface area contributed by atoms with E-state index in [4.69, 9.17) is 21.1 Å². The van der Waals surface area contributed by atoms with Crippen LogP contribution < -0.4 is 14.8 Å². The van der Waals surface area contributed by atoms with Gasteiger partial charge in [0.05, 0.1) is 18.7 Å². The van der Waals surface area contributed by atoms with Crippen LogP contribution in [0.3, 0.4) is 0 Å². The van der Waals surface area contributed by atoms with Crippen molar-refractivity contribution in [3.63, 3.8) is 0 Å². The zero-order valence-electron chi connectivity index (χ0n) is 14.1. The van der Waals surface area contributed by atoms with Crippen molar-refractivity contribution in [3.8, 4) is 11.5 Å². The van der Waals surface area contributed by atoms with Crippen molar-refractivity contribution in [1.82, 2.24) is 10.2 Å². The Morgan fingerprint density at radius 1 is 1.38 bits per heavy atom. The minimum absolute atomic E-state index is 0.326. The molecule has 2 aromatic rings. The smallest absolute Gasteiger partial charge is 0.257 e. The van der Waals surface area contributed by atoms with Gasteiger partial charge in [-0.25, -0.2) is 0 Å². The van der Waals surface area contributed by atoms with Crippen molar-refractivity contribution in [2.24, 2.45) is 5.92 Å². The van der Waals surface area contributed by atoms with Gasteiger partial charge in [0.25, 0.3) is 5.91 Å². The highest BCUT2D eigenvalue weighted by Crippen LogP contribution is 2.37. The maximum Gasteiger partial charge on any atom is 0.257 e. The molecule has 1 aromatic carbocycles. The lowest BCUT2D eigenvalue weighted by molar-refractivity contribution is 0.102. The number of benzene rings is 1. The van der Waals surface area contributed by atoms with E-state index in [9.17, 15) is 4.79 Å². The third-order valence-electron chi connectivity index (χ3n) is 3.04. The number of hydrogen-bond acceptors (Lipinski definition) is 6. The molecular formula is C16H20ClN3O3S. The van der Waals surface area contributed by atoms with Crippen LogP contribution >= 0.6 is 22.9 Å². The second-order valence-electron chi connectivity index (χ2n) is 5.50. The summed E-state index contributed by atoms with van der Waals surface area (Å²) in [6, 6.07) is 3.15. The first-order valence-electron chi connectivity index (χ1n) is 7.58. The summed E-state index contributed by atoms with van der Waals surface area (Å²) >= 11 is 7.60. The molecule has 0 aliphatic carbocycles. The Hall–Kier alpha value is -1.86. The molecule has 1 amide bonds. The van der Waals surface area contributed by atoms with Gasteiger partial charge in [-0.15, -0.1) is 10.2 Å². The number of aromatic nitrogens is 2. The quantitative estimate of drug-likeness (QED) is 0.797. The van der Waals surface area contributed by atoms with Crippen LogP contribution in [0.25, 0.3) is 0 Å². The van der Waals surface area contributed by atoms with Crippen molar-refractivity contribution >= 4 is 34.0 Å². The lowest BCUT2D eigenvalue weighted by Crippen LogP contribution is -2.13. The third-order valence-corrected chi connectivity index (χ3v) is 4.31. The van der Waals surface area contributed by atoms with Gasteiger partial charge in [-0.3, -0.25) is 10.1 Å². The summed E-state index contributed by atoms with van der Waals surface area (Å²) in [6.45, 7) is 6.56. The van der Waals surface area contributed by atoms with Crippen LogP contribution in [0, 0.1) is 5.92 Å². The zero-order chi connectivity index (χ0) is 17.7. The number of carbonyl (C=O) groups is 1. The predicted molar refractivity (Wildman–Crippen MR) is 95.6 cm³/mol. The Morgan fingerprint density at radius 3 is 2.71 bits per heavy atom. The van der Waals surface area contributed by atoms with Gasteiger partial charge in [0.15, 0.2) is 11.5 Å². The predicted octanol–water partition coefficient (Wildman–Crippen LogP) is 4.05. The molecule has 0 fully saturated rings. The third kappa shape index (κ3) is 4.58. The molecule has 0 saturated heterocycles. The Morgan fingerprint density at radius 2 is 2.12 bits per heavy atom. The van der Waals surface area contributed by atoms with Crippen LogP contribution in [-0.2, 0) is 6.42 Å². The molecule has 130 valence electrons. The summed E-state index contributed by atoms with van der Waals surface area (Å²) in [4.78, 5) is 12.4. The maximum atomic E-state index is 12.4. The number of nitrogens with one attached hydrogen (secondary N) is 1. The van der Waals surface area contributed by atoms with Crippen LogP contribution in [0.15, 0.2) is 12.1 Å². The molecule has 6 nitrogen and oxygen atoms in total. The number of methoxy groups -OCH3 is 1. The highest BCUT2D eigenvalue weighted by Gasteiger charge is 2.17. The molecule has 1 N–H and O–H groups in total. The summed E-state index contributed by atoms with van der Waals surface area (Å²) in [6.07, 6.45) is 0.773. The minimum Gasteiger partial charge on any atom is -0.493 e. The monoisotopic (exact) mass is 369 g/mol. The van der Waals surface area contributed by atoms with Crippen molar-refractivity contribution < 1.29 is 14.3 Å². The van der Waals surface area contributed by atoms with Crippen LogP contribution in [0.4, 0.5) is 5.13 Å². The fraction of sp³-hybridized carbons (Fsp3) is 0.438. The number of nitrogens with zero attached hydrogens (tertiary/aromatic N) is 2. The van der Waals surface area contributed by atoms with Gasteiger partial charge in [-0.1, -0.05) is 43.7 Å². The molecule has 0 aliphatic rings. The summed E-state index contributed by atoms with van der Waals surface area (Å²) in [5, 5.41) is 12.3. The molecule has 1 aromatic heterocycles. The molecule has 0 radical (unpaired) electrons. The standard InChI is InChI=1S/C16H20ClN3O3S/c1-5-13-19-20-16(24-13)18-15(21)10-6-11(17)14(12(7-10)22-4)23-8-9(2)3/h6-7,9H,5,8H2,1-4H3,(H,18,20,21). The maximum absolute atomic E-state index is 12.4. The topological polar surface area (TPSA) is 73.3 Å². The lowest BCUT2D eigenvalue weighted by atomic mass is 10.2. The second-order valence-corrected chi connectivity index (χ2v) is 6.97. The molecule has 2 rings (SSSR count). The van der Waals surface area contributed by atoms with Gasteiger partial charge >= 0.3 is 0 Å². The Labute approximate surface area is 150 Å². The summed E-state index contributed by atoms with van der Waals surface area (Å²) in [5.41, 5.74) is 0.363. The SMILES string of the molecule is CCc1nnc(NC(=O)c2cc(Cl)c(OCC(C)C)c(OC)c2)s1. The fourth-order valence-electron chi connectivity index (χ4n) is 1.86. The van der Waals surface area contributed by atoms with Gasteiger partial charge in [0.1, 0.15) is 5.01 Å². The van der Waals surface area contributed by atoms with Crippen molar-refractivity contribution in [2.45, 2.75) is 27.2 Å². The number of halogens is 1. The molecule has 24 heavy (non-hydrogen) atoms. The number of ether oxygens (including phenoxy) is 2. The molecule has 0 bridgehead atoms. The first-order chi connectivity index (χ1) is 11.4. The largest absolute Gasteiger partial charge is 0.493 e. The van der Waals surface area contributed by atoms with Crippen LogP contribution in [-0.4, -0.2) is 29.8 Å². The molecule has 1 heterocycles. The fourth-order valence-corrected chi connectivity index (χ4v) is 2.80. The molecular weight excluding hydrogens is 350 g/mol. The number of rotatable bonds is 7. The number of hydrogen-bond donors (Lipinski definition) is 1. The minimum atomic E-state index is -0.329. The lowest BCUT2D eigenvalue weighted by Gasteiger charge is -2.15. The van der Waals surface area contributed by atoms with E-state index in [1.165, 1.54) is 18.4 Å². The molecule has 0 spiro atoms. The Bertz CT molecular complexity index is 719. The Kier molecular flexibility index (Phi) is 6.39. The van der Waals surface area contributed by atoms with E-state index in [2.05, 4.69) is 15.5 Å². The summed E-state index contributed by atoms with van der Waals surface area (Å²) in [5.74, 6) is 0.872. The molecule has 0 aliphatic heterocycles. The molecule has 0 atom stereocenters. The first kappa shape index (κ1) is 18.5. The average Bonchev–Trinajstić information content (AvgIpc) is 3.00. The van der Waals surface area contributed by atoms with E-state index in [0.29, 0.717) is 39.7 Å². The van der Waals surface area contributed by atoms with E-state index < -0.39 is 0 Å². The number of anilines is 1. The van der Waals surface area contributed by atoms with Crippen LogP contribution in [0.1, 0.15) is 36.1 Å². The highest BCUT2D eigenvalue weighted by atomic mass is 35.5. The van der Waals surface area contributed by atoms with Crippen LogP contribution in [0.2, 0.25) is 5.02 Å². The van der Waals surface area contributed by atoms with E-state index in [1.54, 1.807) is 12.1 Å². The highest BCUT2D eigenvalue weighted by molar-refractivity contribution is 7.15. The molecule has 0 unspecified atom stereocenters. The molecule has 0 saturated carbocycles. The average molecular weight is 370 g/mol. The summed E-state index contributed by atoms with van der Waals surface area (Å²) < 4.78 is 11.0. The van der Waals surface area contributed by atoms with Crippen molar-refractivity contribution in [1.29, 1.82) is 0 Å². The number of amides is 1. The van der Waals surface area contributed by atoms with E-state index >= 15 is 0 Å². The first-order valence-corrected chi connectivity index (χ1v) is 8.78. The molecule has 8 heteroatoms. The van der Waals surface area contributed by atoms with E-state index in [1.807, 2.05) is 20.8 Å². The van der Waals surface area contributed by atoms with E-state index in [0.717, 1.165) is 11.4 Å². The van der Waals surface area contributed by atoms with Crippen molar-refractivity contribution in [2.75, 3.05) is 19.0 Å². The van der Waals surface area contributed by atoms with Gasteiger partial charge in [-0.2, -0.15) is 0 Å². The van der Waals surface area contributed by atoms with Gasteiger partial charge in [0.2, 0.25) is 5.13 Å². The van der Waals surface area contributed by atoms with Crippen molar-refractivity contribution in [3.05, 3.63) is 27.7 Å². The van der Waals surface area contributed by atoms with E-state index in [-0.39, 0.29) is 5.91 Å². The summed E-state index contributed by atoms with van der Waals surface area (Å²) in [7, 11) is 1.51. The van der Waals surface area contributed by atoms with Gasteiger partial charge < -0.3 is 9.47 Å². The van der Waals surface area contributed by atoms with Gasteiger partial charge in [-0.05, 0) is 24.5 Å². The number of aryl methyl sites for hydroxylation is 1. The normalized spacial score (nSPS) is 10.8. The number of carbonyl (C=O) groups excluding carboxylic acids is 1.